The number of methoxy groups -OCH3 is 1. The molecule has 2 N–H and O–H groups in total. The molecule has 0 saturated heterocycles. The van der Waals surface area contributed by atoms with E-state index < -0.39 is 0 Å². The summed E-state index contributed by atoms with van der Waals surface area (Å²) in [6.45, 7) is 9.54. The van der Waals surface area contributed by atoms with Gasteiger partial charge in [-0.05, 0) is 29.5 Å². The summed E-state index contributed by atoms with van der Waals surface area (Å²) in [5, 5.41) is 8.94. The highest BCUT2D eigenvalue weighted by molar-refractivity contribution is 14.0. The number of nitrogens with one attached hydrogen (secondary N) is 2. The first-order valence-corrected chi connectivity index (χ1v) is 9.56. The van der Waals surface area contributed by atoms with Crippen molar-refractivity contribution >= 4 is 41.3 Å². The maximum absolute atomic E-state index is 5.20. The van der Waals surface area contributed by atoms with Crippen LogP contribution >= 0.6 is 35.3 Å². The number of halogens is 1. The Morgan fingerprint density at radius 2 is 1.92 bits per heavy atom. The van der Waals surface area contributed by atoms with Gasteiger partial charge < -0.3 is 15.4 Å². The smallest absolute Gasteiger partial charge is 0.191 e. The van der Waals surface area contributed by atoms with Crippen LogP contribution in [0.25, 0.3) is 0 Å². The molecule has 0 aliphatic carbocycles. The molecule has 0 radical (unpaired) electrons. The van der Waals surface area contributed by atoms with Gasteiger partial charge in [-0.25, -0.2) is 4.99 Å². The quantitative estimate of drug-likeness (QED) is 0.327. The fourth-order valence-corrected chi connectivity index (χ4v) is 3.40. The Morgan fingerprint density at radius 1 is 1.15 bits per heavy atom. The van der Waals surface area contributed by atoms with Crippen LogP contribution in [0.2, 0.25) is 0 Å². The number of thiophene rings is 1. The second-order valence-corrected chi connectivity index (χ2v) is 7.61. The van der Waals surface area contributed by atoms with Crippen molar-refractivity contribution in [3.63, 3.8) is 0 Å². The molecule has 6 heteroatoms. The summed E-state index contributed by atoms with van der Waals surface area (Å²) in [7, 11) is 1.72. The van der Waals surface area contributed by atoms with Crippen LogP contribution in [0.15, 0.2) is 46.8 Å². The first-order chi connectivity index (χ1) is 12.0. The largest absolute Gasteiger partial charge is 0.380 e. The topological polar surface area (TPSA) is 45.7 Å². The molecule has 2 rings (SSSR count). The van der Waals surface area contributed by atoms with Gasteiger partial charge in [-0.1, -0.05) is 44.2 Å². The lowest BCUT2D eigenvalue weighted by Crippen LogP contribution is -2.43. The van der Waals surface area contributed by atoms with Crippen LogP contribution in [-0.2, 0) is 23.3 Å². The second-order valence-electron chi connectivity index (χ2n) is 6.66. The van der Waals surface area contributed by atoms with Crippen LogP contribution in [0, 0.1) is 0 Å². The van der Waals surface area contributed by atoms with Gasteiger partial charge in [0.1, 0.15) is 0 Å². The van der Waals surface area contributed by atoms with Crippen molar-refractivity contribution in [1.29, 1.82) is 0 Å². The van der Waals surface area contributed by atoms with E-state index in [0.717, 1.165) is 19.0 Å². The Morgan fingerprint density at radius 3 is 2.58 bits per heavy atom. The lowest BCUT2D eigenvalue weighted by molar-refractivity contribution is 0.185. The minimum atomic E-state index is 0. The van der Waals surface area contributed by atoms with Crippen molar-refractivity contribution in [2.24, 2.45) is 4.99 Å². The summed E-state index contributed by atoms with van der Waals surface area (Å²) in [6.07, 6.45) is 0. The minimum absolute atomic E-state index is 0. The fraction of sp³-hybridized carbons (Fsp3) is 0.450. The molecule has 0 spiro atoms. The Balaban J connectivity index is 0.00000338. The van der Waals surface area contributed by atoms with Gasteiger partial charge in [0.05, 0.1) is 13.2 Å². The molecule has 0 aliphatic rings. The molecule has 1 aromatic carbocycles. The fourth-order valence-electron chi connectivity index (χ4n) is 2.55. The maximum Gasteiger partial charge on any atom is 0.191 e. The normalized spacial score (nSPS) is 11.8. The highest BCUT2D eigenvalue weighted by Gasteiger charge is 2.21. The van der Waals surface area contributed by atoms with Gasteiger partial charge in [-0.15, -0.1) is 35.3 Å². The van der Waals surface area contributed by atoms with E-state index in [-0.39, 0.29) is 29.4 Å². The molecule has 4 nitrogen and oxygen atoms in total. The molecule has 0 aliphatic heterocycles. The number of nitrogens with zero attached hydrogens (tertiary/aromatic N) is 1. The summed E-state index contributed by atoms with van der Waals surface area (Å²) in [5.74, 6) is 0.851. The third-order valence-corrected chi connectivity index (χ3v) is 5.19. The molecule has 0 atom stereocenters. The zero-order valence-electron chi connectivity index (χ0n) is 16.0. The zero-order valence-corrected chi connectivity index (χ0v) is 19.2. The lowest BCUT2D eigenvalue weighted by atomic mass is 9.91. The van der Waals surface area contributed by atoms with Gasteiger partial charge >= 0.3 is 0 Å². The van der Waals surface area contributed by atoms with Gasteiger partial charge in [0.15, 0.2) is 5.96 Å². The van der Waals surface area contributed by atoms with E-state index >= 15 is 0 Å². The van der Waals surface area contributed by atoms with Crippen LogP contribution in [0.3, 0.4) is 0 Å². The molecule has 144 valence electrons. The van der Waals surface area contributed by atoms with Gasteiger partial charge in [-0.2, -0.15) is 0 Å². The number of hydrogen-bond acceptors (Lipinski definition) is 3. The molecule has 0 bridgehead atoms. The Hall–Kier alpha value is -1.12. The second kappa shape index (κ2) is 11.6. The third kappa shape index (κ3) is 7.25. The Kier molecular flexibility index (Phi) is 10.2. The zero-order chi connectivity index (χ0) is 18.1. The van der Waals surface area contributed by atoms with E-state index in [4.69, 9.17) is 9.73 Å². The van der Waals surface area contributed by atoms with E-state index in [1.165, 1.54) is 16.0 Å². The number of ether oxygens (including phenoxy) is 1. The predicted molar refractivity (Wildman–Crippen MR) is 123 cm³/mol. The van der Waals surface area contributed by atoms with Crippen molar-refractivity contribution < 1.29 is 4.74 Å². The molecular formula is C20H30IN3OS. The molecule has 1 aromatic heterocycles. The first-order valence-electron chi connectivity index (χ1n) is 8.68. The lowest BCUT2D eigenvalue weighted by Gasteiger charge is -2.25. The van der Waals surface area contributed by atoms with Crippen molar-refractivity contribution in [3.05, 3.63) is 57.8 Å². The summed E-state index contributed by atoms with van der Waals surface area (Å²) in [6, 6.07) is 12.7. The summed E-state index contributed by atoms with van der Waals surface area (Å²) in [4.78, 5) is 6.10. The average molecular weight is 487 g/mol. The molecule has 0 unspecified atom stereocenters. The van der Waals surface area contributed by atoms with Gasteiger partial charge in [0.25, 0.3) is 0 Å². The summed E-state index contributed by atoms with van der Waals surface area (Å²) >= 11 is 1.80. The molecule has 2 aromatic rings. The summed E-state index contributed by atoms with van der Waals surface area (Å²) in [5.41, 5.74) is 2.43. The van der Waals surface area contributed by atoms with E-state index in [1.54, 1.807) is 18.4 Å². The van der Waals surface area contributed by atoms with Gasteiger partial charge in [0.2, 0.25) is 0 Å². The predicted octanol–water partition coefficient (Wildman–Crippen LogP) is 4.55. The highest BCUT2D eigenvalue weighted by atomic mass is 127. The van der Waals surface area contributed by atoms with Crippen LogP contribution in [0.1, 0.15) is 36.8 Å². The van der Waals surface area contributed by atoms with Crippen molar-refractivity contribution in [2.45, 2.75) is 39.3 Å². The maximum atomic E-state index is 5.20. The molecule has 1 heterocycles. The van der Waals surface area contributed by atoms with E-state index in [2.05, 4.69) is 73.2 Å². The molecule has 26 heavy (non-hydrogen) atoms. The molecule has 0 saturated carbocycles. The number of hydrogen-bond donors (Lipinski definition) is 2. The van der Waals surface area contributed by atoms with Gasteiger partial charge in [0, 0.05) is 30.5 Å². The number of benzene rings is 1. The molecule has 0 amide bonds. The van der Waals surface area contributed by atoms with Crippen molar-refractivity contribution in [2.75, 3.05) is 20.2 Å². The average Bonchev–Trinajstić information content (AvgIpc) is 3.14. The van der Waals surface area contributed by atoms with Crippen LogP contribution in [0.4, 0.5) is 0 Å². The van der Waals surface area contributed by atoms with Gasteiger partial charge in [-0.3, -0.25) is 0 Å². The van der Waals surface area contributed by atoms with E-state index in [9.17, 15) is 0 Å². The minimum Gasteiger partial charge on any atom is -0.380 e. The number of aliphatic imine (C=N–C) groups is 1. The van der Waals surface area contributed by atoms with Crippen LogP contribution in [-0.4, -0.2) is 26.2 Å². The number of rotatable bonds is 8. The Labute approximate surface area is 178 Å². The van der Waals surface area contributed by atoms with Crippen LogP contribution in [0.5, 0.6) is 0 Å². The standard InChI is InChI=1S/C20H29N3OS.HI/c1-5-21-19(23-15-20(2,3)18-10-7-11-25-18)22-13-16-8-6-9-17(12-16)14-24-4;/h6-12H,5,13-15H2,1-4H3,(H2,21,22,23);1H. The first kappa shape index (κ1) is 22.9. The molecule has 0 fully saturated rings. The van der Waals surface area contributed by atoms with Crippen LogP contribution < -0.4 is 10.6 Å². The Bertz CT molecular complexity index is 671. The summed E-state index contributed by atoms with van der Waals surface area (Å²) < 4.78 is 5.20. The molecular weight excluding hydrogens is 457 g/mol. The van der Waals surface area contributed by atoms with Crippen molar-refractivity contribution in [1.82, 2.24) is 10.6 Å². The highest BCUT2D eigenvalue weighted by Crippen LogP contribution is 2.26. The monoisotopic (exact) mass is 487 g/mol. The van der Waals surface area contributed by atoms with E-state index in [0.29, 0.717) is 13.2 Å². The number of guanidine groups is 1. The van der Waals surface area contributed by atoms with E-state index in [1.807, 2.05) is 0 Å². The SMILES string of the molecule is CCNC(=NCc1cccc(COC)c1)NCC(C)(C)c1cccs1.I. The third-order valence-electron chi connectivity index (χ3n) is 3.95. The van der Waals surface area contributed by atoms with Crippen molar-refractivity contribution in [3.8, 4) is 0 Å².